The van der Waals surface area contributed by atoms with Crippen LogP contribution >= 0.6 is 0 Å². The summed E-state index contributed by atoms with van der Waals surface area (Å²) in [6.07, 6.45) is 7.11. The maximum atomic E-state index is 11.4. The number of anilines is 1. The molecule has 0 unspecified atom stereocenters. The Morgan fingerprint density at radius 2 is 1.85 bits per heavy atom. The largest absolute Gasteiger partial charge is 0.311 e. The van der Waals surface area contributed by atoms with Gasteiger partial charge >= 0.3 is 0 Å². The molecule has 1 aromatic carbocycles. The number of carbonyl (C=O) groups is 1. The van der Waals surface area contributed by atoms with Gasteiger partial charge in [-0.3, -0.25) is 19.3 Å². The summed E-state index contributed by atoms with van der Waals surface area (Å²) in [5.74, 6) is 0.313. The van der Waals surface area contributed by atoms with Crippen LogP contribution in [-0.2, 0) is 17.3 Å². The fraction of sp³-hybridized carbons (Fsp3) is 0.207. The Kier molecular flexibility index (Phi) is 6.17. The van der Waals surface area contributed by atoms with Gasteiger partial charge in [-0.1, -0.05) is 6.07 Å². The Bertz CT molecular complexity index is 1930. The van der Waals surface area contributed by atoms with E-state index in [1.807, 2.05) is 79.5 Å². The predicted molar refractivity (Wildman–Crippen MR) is 147 cm³/mol. The van der Waals surface area contributed by atoms with Crippen LogP contribution in [0.15, 0.2) is 60.0 Å². The van der Waals surface area contributed by atoms with Crippen molar-refractivity contribution in [3.8, 4) is 29.1 Å². The van der Waals surface area contributed by atoms with Crippen molar-refractivity contribution < 1.29 is 4.79 Å². The molecule has 0 atom stereocenters. The predicted octanol–water partition coefficient (Wildman–Crippen LogP) is 4.42. The molecule has 0 aliphatic rings. The summed E-state index contributed by atoms with van der Waals surface area (Å²) in [7, 11) is 1.84. The minimum Gasteiger partial charge on any atom is -0.311 e. The number of imidazole rings is 1. The number of rotatable bonds is 4. The molecule has 4 heterocycles. The van der Waals surface area contributed by atoms with Gasteiger partial charge in [0.1, 0.15) is 5.82 Å². The molecule has 0 aliphatic carbocycles. The number of carbonyl (C=O) groups excluding carboxylic acids is 1. The highest BCUT2D eigenvalue weighted by Crippen LogP contribution is 2.31. The van der Waals surface area contributed by atoms with E-state index in [4.69, 9.17) is 0 Å². The van der Waals surface area contributed by atoms with Gasteiger partial charge in [0.15, 0.2) is 0 Å². The van der Waals surface area contributed by atoms with Gasteiger partial charge in [0.25, 0.3) is 0 Å². The van der Waals surface area contributed by atoms with Crippen LogP contribution in [-0.4, -0.2) is 30.0 Å². The lowest BCUT2D eigenvalue weighted by Gasteiger charge is -2.15. The lowest BCUT2D eigenvalue weighted by atomic mass is 9.91. The van der Waals surface area contributed by atoms with Crippen LogP contribution in [0.1, 0.15) is 32.0 Å². The zero-order valence-corrected chi connectivity index (χ0v) is 22.2. The van der Waals surface area contributed by atoms with Crippen molar-refractivity contribution in [2.75, 3.05) is 5.32 Å². The summed E-state index contributed by atoms with van der Waals surface area (Å²) in [6, 6.07) is 13.8. The third kappa shape index (κ3) is 4.38. The van der Waals surface area contributed by atoms with E-state index in [0.29, 0.717) is 22.8 Å². The van der Waals surface area contributed by atoms with Crippen molar-refractivity contribution in [3.05, 3.63) is 71.9 Å². The number of amides is 1. The minimum absolute atomic E-state index is 0.181. The molecule has 0 saturated heterocycles. The van der Waals surface area contributed by atoms with Crippen molar-refractivity contribution in [1.82, 2.24) is 24.1 Å². The van der Waals surface area contributed by atoms with Gasteiger partial charge in [0, 0.05) is 31.1 Å². The first kappa shape index (κ1) is 25.3. The van der Waals surface area contributed by atoms with Crippen molar-refractivity contribution in [2.24, 2.45) is 12.0 Å². The number of aryl methyl sites for hydroxylation is 2. The van der Waals surface area contributed by atoms with Gasteiger partial charge in [0.2, 0.25) is 17.7 Å². The topological polar surface area (TPSA) is 138 Å². The molecule has 0 radical (unpaired) electrons. The number of hydrogen-bond acceptors (Lipinski definition) is 7. The lowest BCUT2D eigenvalue weighted by Crippen LogP contribution is -2.23. The van der Waals surface area contributed by atoms with Gasteiger partial charge in [0.05, 0.1) is 51.8 Å². The van der Waals surface area contributed by atoms with Crippen molar-refractivity contribution in [1.29, 1.82) is 10.5 Å². The zero-order valence-electron chi connectivity index (χ0n) is 22.2. The molecule has 10 heteroatoms. The second-order valence-corrected chi connectivity index (χ2v) is 9.83. The molecule has 192 valence electrons. The standard InChI is InChI=1S/C29H25N9O/c1-17-10-26(36-18(2)39)34-13-22(17)19-6-8-23-21(11-19)27-24(14-32-23)37(5)28(35-16-31)38(27)20-7-9-25(33-12-20)29(3,4)15-30/h6-14H,1-5H3,(H,34,36,39). The molecule has 1 N–H and O–H groups in total. The molecule has 0 saturated carbocycles. The van der Waals surface area contributed by atoms with Crippen LogP contribution in [0.5, 0.6) is 0 Å². The maximum Gasteiger partial charge on any atom is 0.226 e. The van der Waals surface area contributed by atoms with E-state index in [2.05, 4.69) is 31.3 Å². The third-order valence-corrected chi connectivity index (χ3v) is 6.71. The van der Waals surface area contributed by atoms with Gasteiger partial charge in [-0.25, -0.2) is 4.98 Å². The van der Waals surface area contributed by atoms with E-state index >= 15 is 0 Å². The van der Waals surface area contributed by atoms with E-state index in [1.165, 1.54) is 6.92 Å². The van der Waals surface area contributed by atoms with Crippen LogP contribution in [0.3, 0.4) is 0 Å². The van der Waals surface area contributed by atoms with E-state index in [-0.39, 0.29) is 5.91 Å². The molecule has 5 aromatic rings. The molecular formula is C29H25N9O. The highest BCUT2D eigenvalue weighted by Gasteiger charge is 2.22. The van der Waals surface area contributed by atoms with E-state index in [0.717, 1.165) is 38.6 Å². The Hall–Kier alpha value is -5.35. The first-order chi connectivity index (χ1) is 18.6. The number of aromatic nitrogens is 5. The number of fused-ring (bicyclic) bond motifs is 3. The summed E-state index contributed by atoms with van der Waals surface area (Å²) >= 11 is 0. The van der Waals surface area contributed by atoms with E-state index < -0.39 is 5.41 Å². The fourth-order valence-corrected chi connectivity index (χ4v) is 4.64. The molecule has 0 bridgehead atoms. The number of pyridine rings is 3. The molecule has 0 fully saturated rings. The molecule has 10 nitrogen and oxygen atoms in total. The summed E-state index contributed by atoms with van der Waals surface area (Å²) in [6.45, 7) is 7.05. The van der Waals surface area contributed by atoms with E-state index in [9.17, 15) is 15.3 Å². The van der Waals surface area contributed by atoms with Gasteiger partial charge < -0.3 is 9.88 Å². The van der Waals surface area contributed by atoms with E-state index in [1.54, 1.807) is 18.6 Å². The van der Waals surface area contributed by atoms with Gasteiger partial charge in [-0.2, -0.15) is 10.5 Å². The normalized spacial score (nSPS) is 11.9. The number of hydrogen-bond donors (Lipinski definition) is 1. The summed E-state index contributed by atoms with van der Waals surface area (Å²) in [4.78, 5) is 29.2. The van der Waals surface area contributed by atoms with Crippen LogP contribution < -0.4 is 10.9 Å². The summed E-state index contributed by atoms with van der Waals surface area (Å²) in [5, 5.41) is 22.6. The summed E-state index contributed by atoms with van der Waals surface area (Å²) < 4.78 is 3.70. The molecule has 0 spiro atoms. The van der Waals surface area contributed by atoms with Gasteiger partial charge in [-0.15, -0.1) is 4.99 Å². The molecule has 0 aliphatic heterocycles. The molecule has 4 aromatic heterocycles. The van der Waals surface area contributed by atoms with Crippen LogP contribution in [0.2, 0.25) is 0 Å². The first-order valence-electron chi connectivity index (χ1n) is 12.2. The highest BCUT2D eigenvalue weighted by atomic mass is 16.1. The first-order valence-corrected chi connectivity index (χ1v) is 12.2. The fourth-order valence-electron chi connectivity index (χ4n) is 4.64. The van der Waals surface area contributed by atoms with Crippen molar-refractivity contribution in [3.63, 3.8) is 0 Å². The minimum atomic E-state index is -0.741. The molecule has 1 amide bonds. The Labute approximate surface area is 224 Å². The third-order valence-electron chi connectivity index (χ3n) is 6.71. The number of benzene rings is 1. The second kappa shape index (κ2) is 9.51. The van der Waals surface area contributed by atoms with Gasteiger partial charge in [-0.05, 0) is 62.2 Å². The van der Waals surface area contributed by atoms with Crippen molar-refractivity contribution >= 4 is 33.7 Å². The number of nitrogens with zero attached hydrogens (tertiary/aromatic N) is 8. The number of nitriles is 2. The average Bonchev–Trinajstić information content (AvgIpc) is 3.20. The molecular weight excluding hydrogens is 490 g/mol. The lowest BCUT2D eigenvalue weighted by molar-refractivity contribution is -0.114. The monoisotopic (exact) mass is 515 g/mol. The Morgan fingerprint density at radius 1 is 1.05 bits per heavy atom. The zero-order chi connectivity index (χ0) is 27.9. The quantitative estimate of drug-likeness (QED) is 0.352. The Balaban J connectivity index is 1.78. The summed E-state index contributed by atoms with van der Waals surface area (Å²) in [5.41, 5.74) is 6.17. The van der Waals surface area contributed by atoms with Crippen LogP contribution in [0.4, 0.5) is 5.82 Å². The maximum absolute atomic E-state index is 11.4. The van der Waals surface area contributed by atoms with Crippen molar-refractivity contribution in [2.45, 2.75) is 33.1 Å². The van der Waals surface area contributed by atoms with Crippen LogP contribution in [0, 0.1) is 29.7 Å². The SMILES string of the molecule is CC(=O)Nc1cc(C)c(-c2ccc3ncc4c(c3c2)n(-c2ccc(C(C)(C)C#N)nc2)c(=NC#N)n4C)cn1. The van der Waals surface area contributed by atoms with Crippen LogP contribution in [0.25, 0.3) is 38.8 Å². The second-order valence-electron chi connectivity index (χ2n) is 9.83. The average molecular weight is 516 g/mol. The smallest absolute Gasteiger partial charge is 0.226 e. The molecule has 5 rings (SSSR count). The molecule has 39 heavy (non-hydrogen) atoms. The highest BCUT2D eigenvalue weighted by molar-refractivity contribution is 6.04. The Morgan fingerprint density at radius 3 is 2.49 bits per heavy atom. The number of nitrogens with one attached hydrogen (secondary N) is 1.